The Kier molecular flexibility index (Phi) is 6.23. The van der Waals surface area contributed by atoms with Crippen molar-refractivity contribution >= 4 is 17.6 Å². The van der Waals surface area contributed by atoms with Crippen molar-refractivity contribution in [3.05, 3.63) is 72.7 Å². The molecule has 1 heterocycles. The number of rotatable bonds is 7. The molecule has 0 radical (unpaired) electrons. The summed E-state index contributed by atoms with van der Waals surface area (Å²) < 4.78 is 39.7. The number of esters is 1. The molecule has 2 aromatic carbocycles. The highest BCUT2D eigenvalue weighted by Gasteiger charge is 2.24. The lowest BCUT2D eigenvalue weighted by Gasteiger charge is -2.15. The number of carbonyl (C=O) groups is 2. The molecule has 1 atom stereocenters. The molecule has 1 amide bonds. The summed E-state index contributed by atoms with van der Waals surface area (Å²) in [5.74, 6) is -1.78. The second-order valence-electron chi connectivity index (χ2n) is 5.94. The molecule has 0 spiro atoms. The van der Waals surface area contributed by atoms with E-state index < -0.39 is 24.6 Å². The molecule has 0 saturated carbocycles. The molecular formula is C21H17F2NO5. The van der Waals surface area contributed by atoms with Gasteiger partial charge in [0.25, 0.3) is 5.91 Å². The third-order valence-corrected chi connectivity index (χ3v) is 3.95. The number of hydrogen-bond acceptors (Lipinski definition) is 5. The number of para-hydroxylation sites is 2. The smallest absolute Gasteiger partial charge is 0.387 e. The lowest BCUT2D eigenvalue weighted by atomic mass is 10.1. The van der Waals surface area contributed by atoms with Gasteiger partial charge in [-0.2, -0.15) is 8.78 Å². The van der Waals surface area contributed by atoms with Crippen LogP contribution < -0.4 is 10.1 Å². The van der Waals surface area contributed by atoms with Crippen LogP contribution in [0, 0.1) is 0 Å². The van der Waals surface area contributed by atoms with Crippen molar-refractivity contribution in [2.75, 3.05) is 5.32 Å². The lowest BCUT2D eigenvalue weighted by Crippen LogP contribution is -2.30. The molecule has 1 unspecified atom stereocenters. The van der Waals surface area contributed by atoms with E-state index in [9.17, 15) is 18.4 Å². The van der Waals surface area contributed by atoms with E-state index in [1.165, 1.54) is 31.4 Å². The average Bonchev–Trinajstić information content (AvgIpc) is 3.19. The zero-order valence-corrected chi connectivity index (χ0v) is 15.3. The fourth-order valence-electron chi connectivity index (χ4n) is 2.58. The van der Waals surface area contributed by atoms with Crippen LogP contribution in [0.5, 0.6) is 5.75 Å². The Balaban J connectivity index is 1.68. The van der Waals surface area contributed by atoms with Crippen LogP contribution in [0.15, 0.2) is 71.3 Å². The van der Waals surface area contributed by atoms with Crippen LogP contribution in [0.4, 0.5) is 14.5 Å². The highest BCUT2D eigenvalue weighted by molar-refractivity contribution is 5.99. The van der Waals surface area contributed by atoms with Gasteiger partial charge < -0.3 is 19.2 Å². The zero-order chi connectivity index (χ0) is 20.8. The van der Waals surface area contributed by atoms with Crippen LogP contribution >= 0.6 is 0 Å². The van der Waals surface area contributed by atoms with E-state index in [0.717, 1.165) is 5.56 Å². The first-order valence-electron chi connectivity index (χ1n) is 8.64. The summed E-state index contributed by atoms with van der Waals surface area (Å²) in [5.41, 5.74) is 1.31. The van der Waals surface area contributed by atoms with Gasteiger partial charge in [0.15, 0.2) is 6.10 Å². The Hall–Kier alpha value is -3.68. The number of carbonyl (C=O) groups excluding carboxylic acids is 2. The predicted octanol–water partition coefficient (Wildman–Crippen LogP) is 4.73. The van der Waals surface area contributed by atoms with Gasteiger partial charge in [-0.3, -0.25) is 4.79 Å². The van der Waals surface area contributed by atoms with Crippen LogP contribution in [-0.2, 0) is 9.53 Å². The molecule has 150 valence electrons. The predicted molar refractivity (Wildman–Crippen MR) is 101 cm³/mol. The van der Waals surface area contributed by atoms with Gasteiger partial charge >= 0.3 is 12.6 Å². The fourth-order valence-corrected chi connectivity index (χ4v) is 2.58. The van der Waals surface area contributed by atoms with Crippen LogP contribution in [0.25, 0.3) is 11.1 Å². The Morgan fingerprint density at radius 3 is 2.41 bits per heavy atom. The molecule has 3 rings (SSSR count). The van der Waals surface area contributed by atoms with Gasteiger partial charge in [0.1, 0.15) is 5.75 Å². The molecule has 3 aromatic rings. The highest BCUT2D eigenvalue weighted by Crippen LogP contribution is 2.27. The van der Waals surface area contributed by atoms with Gasteiger partial charge in [-0.1, -0.05) is 42.5 Å². The number of ether oxygens (including phenoxy) is 2. The first-order valence-corrected chi connectivity index (χ1v) is 8.64. The SMILES string of the molecule is CC(OC(=O)c1occc1-c1ccccc1)C(=O)Nc1ccccc1OC(F)F. The van der Waals surface area contributed by atoms with E-state index in [1.807, 2.05) is 18.2 Å². The number of anilines is 1. The highest BCUT2D eigenvalue weighted by atomic mass is 19.3. The standard InChI is InChI=1S/C21H17F2NO5/c1-13(19(25)24-16-9-5-6-10-17(16)29-21(22)23)28-20(26)18-15(11-12-27-18)14-7-3-2-4-8-14/h2-13,21H,1H3,(H,24,25). The maximum absolute atomic E-state index is 12.5. The molecule has 8 heteroatoms. The molecule has 1 N–H and O–H groups in total. The molecule has 29 heavy (non-hydrogen) atoms. The summed E-state index contributed by atoms with van der Waals surface area (Å²) in [6.07, 6.45) is 0.137. The number of nitrogens with one attached hydrogen (secondary N) is 1. The van der Waals surface area contributed by atoms with Gasteiger partial charge in [-0.25, -0.2) is 4.79 Å². The second-order valence-corrected chi connectivity index (χ2v) is 5.94. The van der Waals surface area contributed by atoms with Crippen LogP contribution in [0.3, 0.4) is 0 Å². The van der Waals surface area contributed by atoms with Gasteiger partial charge in [-0.15, -0.1) is 0 Å². The van der Waals surface area contributed by atoms with Gasteiger partial charge in [0.05, 0.1) is 12.0 Å². The molecule has 0 bridgehead atoms. The van der Waals surface area contributed by atoms with E-state index in [-0.39, 0.29) is 17.2 Å². The van der Waals surface area contributed by atoms with E-state index >= 15 is 0 Å². The Morgan fingerprint density at radius 2 is 1.69 bits per heavy atom. The monoisotopic (exact) mass is 401 g/mol. The normalized spacial score (nSPS) is 11.7. The third-order valence-electron chi connectivity index (χ3n) is 3.95. The molecule has 0 saturated heterocycles. The Bertz CT molecular complexity index is 988. The topological polar surface area (TPSA) is 77.8 Å². The Labute approximate surface area is 165 Å². The van der Waals surface area contributed by atoms with Crippen LogP contribution in [0.1, 0.15) is 17.5 Å². The largest absolute Gasteiger partial charge is 0.457 e. The van der Waals surface area contributed by atoms with Gasteiger partial charge in [-0.05, 0) is 30.7 Å². The van der Waals surface area contributed by atoms with Crippen molar-refractivity contribution in [2.45, 2.75) is 19.6 Å². The van der Waals surface area contributed by atoms with Crippen molar-refractivity contribution in [1.82, 2.24) is 0 Å². The average molecular weight is 401 g/mol. The quantitative estimate of drug-likeness (QED) is 0.579. The summed E-state index contributed by atoms with van der Waals surface area (Å²) in [5, 5.41) is 2.41. The van der Waals surface area contributed by atoms with Crippen molar-refractivity contribution < 1.29 is 32.3 Å². The van der Waals surface area contributed by atoms with E-state index in [2.05, 4.69) is 10.1 Å². The fraction of sp³-hybridized carbons (Fsp3) is 0.143. The van der Waals surface area contributed by atoms with Crippen LogP contribution in [-0.4, -0.2) is 24.6 Å². The summed E-state index contributed by atoms with van der Waals surface area (Å²) >= 11 is 0. The number of halogens is 2. The number of amides is 1. The summed E-state index contributed by atoms with van der Waals surface area (Å²) in [6, 6.07) is 16.4. The number of benzene rings is 2. The lowest BCUT2D eigenvalue weighted by molar-refractivity contribution is -0.123. The third kappa shape index (κ3) is 4.98. The van der Waals surface area contributed by atoms with E-state index in [4.69, 9.17) is 9.15 Å². The summed E-state index contributed by atoms with van der Waals surface area (Å²) in [4.78, 5) is 24.8. The van der Waals surface area contributed by atoms with Gasteiger partial charge in [0, 0.05) is 5.56 Å². The summed E-state index contributed by atoms with van der Waals surface area (Å²) in [6.45, 7) is -1.69. The first kappa shape index (κ1) is 20.1. The maximum atomic E-state index is 12.5. The molecule has 0 aliphatic carbocycles. The summed E-state index contributed by atoms with van der Waals surface area (Å²) in [7, 11) is 0. The number of hydrogen-bond donors (Lipinski definition) is 1. The number of furan rings is 1. The van der Waals surface area contributed by atoms with E-state index in [0.29, 0.717) is 5.56 Å². The van der Waals surface area contributed by atoms with Crippen molar-refractivity contribution in [3.8, 4) is 16.9 Å². The van der Waals surface area contributed by atoms with Gasteiger partial charge in [0.2, 0.25) is 5.76 Å². The zero-order valence-electron chi connectivity index (χ0n) is 15.3. The second kappa shape index (κ2) is 9.01. The van der Waals surface area contributed by atoms with Crippen molar-refractivity contribution in [2.24, 2.45) is 0 Å². The molecular weight excluding hydrogens is 384 g/mol. The minimum absolute atomic E-state index is 0.0312. The molecule has 1 aromatic heterocycles. The van der Waals surface area contributed by atoms with Crippen molar-refractivity contribution in [1.29, 1.82) is 0 Å². The maximum Gasteiger partial charge on any atom is 0.387 e. The van der Waals surface area contributed by atoms with E-state index in [1.54, 1.807) is 24.3 Å². The van der Waals surface area contributed by atoms with Crippen molar-refractivity contribution in [3.63, 3.8) is 0 Å². The first-order chi connectivity index (χ1) is 14.0. The molecule has 0 aliphatic rings. The molecule has 6 nitrogen and oxygen atoms in total. The minimum Gasteiger partial charge on any atom is -0.457 e. The number of alkyl halides is 2. The Morgan fingerprint density at radius 1 is 1.00 bits per heavy atom. The molecule has 0 fully saturated rings. The molecule has 0 aliphatic heterocycles. The minimum atomic E-state index is -3.04. The van der Waals surface area contributed by atoms with Crippen LogP contribution in [0.2, 0.25) is 0 Å².